The number of ketones is 1. The molecular weight excluding hydrogens is 346 g/mol. The van der Waals surface area contributed by atoms with Crippen LogP contribution in [0, 0.1) is 0 Å². The second-order valence-corrected chi connectivity index (χ2v) is 5.80. The largest absolute Gasteiger partial charge is 0.493 e. The third-order valence-corrected chi connectivity index (χ3v) is 4.00. The van der Waals surface area contributed by atoms with Gasteiger partial charge in [-0.2, -0.15) is 0 Å². The van der Waals surface area contributed by atoms with Crippen LogP contribution in [0.1, 0.15) is 29.8 Å². The molecule has 6 nitrogen and oxygen atoms in total. The van der Waals surface area contributed by atoms with Gasteiger partial charge >= 0.3 is 0 Å². The van der Waals surface area contributed by atoms with E-state index in [9.17, 15) is 4.79 Å². The Labute approximate surface area is 159 Å². The van der Waals surface area contributed by atoms with E-state index in [1.165, 1.54) is 21.3 Å². The molecule has 2 N–H and O–H groups in total. The van der Waals surface area contributed by atoms with Gasteiger partial charge in [0.2, 0.25) is 5.75 Å². The standard InChI is InChI=1S/C21H25NO5/c1-6-27-17-8-7-14(10-16(17)22)9-13(2)20(23)15-11-18(24-3)21(26-5)19(12-15)25-4/h7-12H,6,22H2,1-5H3. The summed E-state index contributed by atoms with van der Waals surface area (Å²) in [6.45, 7) is 4.18. The van der Waals surface area contributed by atoms with Gasteiger partial charge in [0, 0.05) is 5.56 Å². The Hall–Kier alpha value is -3.15. The van der Waals surface area contributed by atoms with Crippen LogP contribution in [0.5, 0.6) is 23.0 Å². The summed E-state index contributed by atoms with van der Waals surface area (Å²) in [4.78, 5) is 12.9. The van der Waals surface area contributed by atoms with Gasteiger partial charge in [0.15, 0.2) is 17.3 Å². The van der Waals surface area contributed by atoms with E-state index in [-0.39, 0.29) is 5.78 Å². The van der Waals surface area contributed by atoms with Crippen molar-refractivity contribution in [1.29, 1.82) is 0 Å². The van der Waals surface area contributed by atoms with E-state index in [0.717, 1.165) is 5.56 Å². The number of carbonyl (C=O) groups excluding carboxylic acids is 1. The summed E-state index contributed by atoms with van der Waals surface area (Å²) in [6.07, 6.45) is 1.78. The van der Waals surface area contributed by atoms with Gasteiger partial charge in [0.25, 0.3) is 0 Å². The summed E-state index contributed by atoms with van der Waals surface area (Å²) in [5.41, 5.74) is 8.32. The lowest BCUT2D eigenvalue weighted by molar-refractivity contribution is 0.103. The topological polar surface area (TPSA) is 80.0 Å². The van der Waals surface area contributed by atoms with E-state index in [4.69, 9.17) is 24.7 Å². The zero-order valence-corrected chi connectivity index (χ0v) is 16.3. The molecule has 0 aliphatic heterocycles. The third kappa shape index (κ3) is 4.53. The first-order valence-corrected chi connectivity index (χ1v) is 8.50. The molecule has 2 aromatic carbocycles. The Kier molecular flexibility index (Phi) is 6.71. The molecule has 0 aliphatic rings. The number of nitrogen functional groups attached to an aromatic ring is 1. The zero-order chi connectivity index (χ0) is 20.0. The van der Waals surface area contributed by atoms with E-state index in [1.807, 2.05) is 13.0 Å². The molecule has 0 unspecified atom stereocenters. The first-order chi connectivity index (χ1) is 12.9. The number of benzene rings is 2. The Morgan fingerprint density at radius 1 is 1.00 bits per heavy atom. The summed E-state index contributed by atoms with van der Waals surface area (Å²) < 4.78 is 21.4. The Morgan fingerprint density at radius 3 is 2.11 bits per heavy atom. The molecule has 27 heavy (non-hydrogen) atoms. The average molecular weight is 371 g/mol. The summed E-state index contributed by atoms with van der Waals surface area (Å²) in [5.74, 6) is 1.78. The maximum Gasteiger partial charge on any atom is 0.203 e. The SMILES string of the molecule is CCOc1ccc(C=C(C)C(=O)c2cc(OC)c(OC)c(OC)c2)cc1N. The van der Waals surface area contributed by atoms with Gasteiger partial charge in [-0.3, -0.25) is 4.79 Å². The van der Waals surface area contributed by atoms with E-state index >= 15 is 0 Å². The Bertz CT molecular complexity index is 833. The van der Waals surface area contributed by atoms with Crippen molar-refractivity contribution in [3.63, 3.8) is 0 Å². The van der Waals surface area contributed by atoms with E-state index in [0.29, 0.717) is 46.4 Å². The number of ether oxygens (including phenoxy) is 4. The van der Waals surface area contributed by atoms with E-state index in [2.05, 4.69) is 0 Å². The predicted molar refractivity (Wildman–Crippen MR) is 106 cm³/mol. The second-order valence-electron chi connectivity index (χ2n) is 5.80. The zero-order valence-electron chi connectivity index (χ0n) is 16.3. The molecule has 2 aromatic rings. The van der Waals surface area contributed by atoms with Gasteiger partial charge in [-0.05, 0) is 55.3 Å². The fourth-order valence-corrected chi connectivity index (χ4v) is 2.70. The lowest BCUT2D eigenvalue weighted by atomic mass is 10.0. The van der Waals surface area contributed by atoms with Crippen molar-refractivity contribution in [2.24, 2.45) is 0 Å². The number of anilines is 1. The summed E-state index contributed by atoms with van der Waals surface area (Å²) in [7, 11) is 4.54. The maximum absolute atomic E-state index is 12.9. The van der Waals surface area contributed by atoms with Crippen molar-refractivity contribution in [3.05, 3.63) is 47.0 Å². The van der Waals surface area contributed by atoms with Crippen LogP contribution >= 0.6 is 0 Å². The van der Waals surface area contributed by atoms with Gasteiger partial charge < -0.3 is 24.7 Å². The minimum absolute atomic E-state index is 0.151. The van der Waals surface area contributed by atoms with Gasteiger partial charge in [-0.15, -0.1) is 0 Å². The predicted octanol–water partition coefficient (Wildman–Crippen LogP) is 3.98. The number of methoxy groups -OCH3 is 3. The first-order valence-electron chi connectivity index (χ1n) is 8.50. The van der Waals surface area contributed by atoms with Gasteiger partial charge in [0.05, 0.1) is 33.6 Å². The van der Waals surface area contributed by atoms with Crippen molar-refractivity contribution >= 4 is 17.5 Å². The third-order valence-electron chi connectivity index (χ3n) is 4.00. The van der Waals surface area contributed by atoms with Crippen molar-refractivity contribution in [3.8, 4) is 23.0 Å². The molecule has 0 atom stereocenters. The number of Topliss-reactive ketones (excluding diaryl/α,β-unsaturated/α-hetero) is 1. The maximum atomic E-state index is 12.9. The molecule has 2 rings (SSSR count). The van der Waals surface area contributed by atoms with Crippen molar-refractivity contribution in [2.75, 3.05) is 33.7 Å². The normalized spacial score (nSPS) is 11.1. The molecule has 0 amide bonds. The second kappa shape index (κ2) is 8.98. The molecule has 0 aromatic heterocycles. The van der Waals surface area contributed by atoms with Gasteiger partial charge in [0.1, 0.15) is 5.75 Å². The minimum Gasteiger partial charge on any atom is -0.493 e. The highest BCUT2D eigenvalue weighted by atomic mass is 16.5. The van der Waals surface area contributed by atoms with Crippen molar-refractivity contribution in [1.82, 2.24) is 0 Å². The van der Waals surface area contributed by atoms with E-state index in [1.54, 1.807) is 37.3 Å². The monoisotopic (exact) mass is 371 g/mol. The highest BCUT2D eigenvalue weighted by Crippen LogP contribution is 2.38. The Balaban J connectivity index is 2.36. The fourth-order valence-electron chi connectivity index (χ4n) is 2.70. The number of hydrogen-bond donors (Lipinski definition) is 1. The van der Waals surface area contributed by atoms with Crippen LogP contribution in [0.4, 0.5) is 5.69 Å². The number of rotatable bonds is 8. The lowest BCUT2D eigenvalue weighted by Crippen LogP contribution is -2.04. The summed E-state index contributed by atoms with van der Waals surface area (Å²) >= 11 is 0. The van der Waals surface area contributed by atoms with Gasteiger partial charge in [-0.25, -0.2) is 0 Å². The smallest absolute Gasteiger partial charge is 0.203 e. The fraction of sp³-hybridized carbons (Fsp3) is 0.286. The summed E-state index contributed by atoms with van der Waals surface area (Å²) in [6, 6.07) is 8.69. The molecule has 0 saturated carbocycles. The van der Waals surface area contributed by atoms with E-state index < -0.39 is 0 Å². The highest BCUT2D eigenvalue weighted by molar-refractivity contribution is 6.11. The first kappa shape index (κ1) is 20.2. The molecule has 0 bridgehead atoms. The number of carbonyl (C=O) groups is 1. The number of hydrogen-bond acceptors (Lipinski definition) is 6. The quantitative estimate of drug-likeness (QED) is 0.429. The number of nitrogens with two attached hydrogens (primary N) is 1. The van der Waals surface area contributed by atoms with Crippen molar-refractivity contribution in [2.45, 2.75) is 13.8 Å². The molecule has 6 heteroatoms. The van der Waals surface area contributed by atoms with Crippen LogP contribution in [0.25, 0.3) is 6.08 Å². The minimum atomic E-state index is -0.151. The molecule has 0 aliphatic carbocycles. The Morgan fingerprint density at radius 2 is 1.63 bits per heavy atom. The average Bonchev–Trinajstić information content (AvgIpc) is 2.68. The molecule has 0 heterocycles. The highest BCUT2D eigenvalue weighted by Gasteiger charge is 2.18. The summed E-state index contributed by atoms with van der Waals surface area (Å²) in [5, 5.41) is 0. The molecular formula is C21H25NO5. The lowest BCUT2D eigenvalue weighted by Gasteiger charge is -2.14. The van der Waals surface area contributed by atoms with Crippen LogP contribution in [-0.2, 0) is 0 Å². The van der Waals surface area contributed by atoms with Crippen LogP contribution in [0.3, 0.4) is 0 Å². The molecule has 0 radical (unpaired) electrons. The molecule has 0 fully saturated rings. The molecule has 0 saturated heterocycles. The van der Waals surface area contributed by atoms with Crippen LogP contribution < -0.4 is 24.7 Å². The molecule has 144 valence electrons. The number of allylic oxidation sites excluding steroid dienone is 1. The van der Waals surface area contributed by atoms with Crippen LogP contribution in [-0.4, -0.2) is 33.7 Å². The molecule has 0 spiro atoms. The van der Waals surface area contributed by atoms with Crippen LogP contribution in [0.2, 0.25) is 0 Å². The van der Waals surface area contributed by atoms with Gasteiger partial charge in [-0.1, -0.05) is 6.07 Å². The van der Waals surface area contributed by atoms with Crippen molar-refractivity contribution < 1.29 is 23.7 Å². The van der Waals surface area contributed by atoms with Crippen LogP contribution in [0.15, 0.2) is 35.9 Å².